The molecule has 0 amide bonds. The van der Waals surface area contributed by atoms with Gasteiger partial charge in [0, 0.05) is 42.7 Å². The number of carbonyl (C=O) groups is 3. The molecule has 2 aliphatic heterocycles. The van der Waals surface area contributed by atoms with Gasteiger partial charge in [-0.1, -0.05) is 44.6 Å². The van der Waals surface area contributed by atoms with Crippen molar-refractivity contribution in [1.82, 2.24) is 0 Å². The Morgan fingerprint density at radius 1 is 1.13 bits per heavy atom. The zero-order valence-electron chi connectivity index (χ0n) is 23.9. The van der Waals surface area contributed by atoms with E-state index in [1.165, 1.54) is 24.1 Å². The number of carbonyl (C=O) groups excluding carboxylic acids is 3. The second-order valence-corrected chi connectivity index (χ2v) is 13.1. The minimum Gasteiger partial charge on any atom is -0.462 e. The Bertz CT molecular complexity index is 1180. The molecule has 1 saturated carbocycles. The second-order valence-electron chi connectivity index (χ2n) is 13.1. The second kappa shape index (κ2) is 9.24. The van der Waals surface area contributed by atoms with E-state index in [9.17, 15) is 14.4 Å². The van der Waals surface area contributed by atoms with E-state index in [0.29, 0.717) is 12.0 Å². The third-order valence-electron chi connectivity index (χ3n) is 10.8. The van der Waals surface area contributed by atoms with Crippen LogP contribution >= 0.6 is 0 Å². The summed E-state index contributed by atoms with van der Waals surface area (Å²) >= 11 is 0. The molecule has 1 fully saturated rings. The van der Waals surface area contributed by atoms with Gasteiger partial charge in [-0.3, -0.25) is 4.79 Å². The summed E-state index contributed by atoms with van der Waals surface area (Å²) in [6.45, 7) is 14.2. The van der Waals surface area contributed by atoms with E-state index in [4.69, 9.17) is 14.2 Å². The molecule has 38 heavy (non-hydrogen) atoms. The minimum absolute atomic E-state index is 0.0885. The fourth-order valence-corrected chi connectivity index (χ4v) is 8.57. The molecule has 5 rings (SSSR count). The lowest BCUT2D eigenvalue weighted by Crippen LogP contribution is -2.54. The number of hydrogen-bond donors (Lipinski definition) is 0. The Morgan fingerprint density at radius 2 is 1.87 bits per heavy atom. The maximum atomic E-state index is 12.4. The van der Waals surface area contributed by atoms with Crippen LogP contribution in [0.25, 0.3) is 0 Å². The summed E-state index contributed by atoms with van der Waals surface area (Å²) < 4.78 is 17.9. The summed E-state index contributed by atoms with van der Waals surface area (Å²) in [6, 6.07) is 0. The van der Waals surface area contributed by atoms with E-state index in [1.54, 1.807) is 6.92 Å². The van der Waals surface area contributed by atoms with Crippen molar-refractivity contribution in [3.05, 3.63) is 46.6 Å². The van der Waals surface area contributed by atoms with Crippen molar-refractivity contribution >= 4 is 17.9 Å². The molecule has 0 N–H and O–H groups in total. The van der Waals surface area contributed by atoms with E-state index in [1.807, 2.05) is 26.0 Å². The minimum atomic E-state index is -0.607. The van der Waals surface area contributed by atoms with Crippen LogP contribution in [-0.4, -0.2) is 35.7 Å². The highest BCUT2D eigenvalue weighted by Crippen LogP contribution is 2.69. The lowest BCUT2D eigenvalue weighted by Gasteiger charge is -2.55. The SMILES string of the molecule is CC(=O)O[C@H]1CC2=C(CC[C@@H]3C(=C2)C=CC(=O)OC3(C)C)[C@]2(C)CC[C@H]([C@H](C)[C@H]3CC=C(C)C(=O)O3)[C@@]12C. The fourth-order valence-electron chi connectivity index (χ4n) is 8.57. The molecule has 0 aromatic heterocycles. The molecular weight excluding hydrogens is 480 g/mol. The van der Waals surface area contributed by atoms with E-state index in [0.717, 1.165) is 37.7 Å². The van der Waals surface area contributed by atoms with Crippen LogP contribution in [0.1, 0.15) is 87.0 Å². The van der Waals surface area contributed by atoms with Crippen LogP contribution in [0.3, 0.4) is 0 Å². The van der Waals surface area contributed by atoms with Gasteiger partial charge in [0.2, 0.25) is 0 Å². The summed E-state index contributed by atoms with van der Waals surface area (Å²) in [5.41, 5.74) is 3.39. The molecule has 6 nitrogen and oxygen atoms in total. The van der Waals surface area contributed by atoms with E-state index >= 15 is 0 Å². The van der Waals surface area contributed by atoms with Crippen molar-refractivity contribution in [3.63, 3.8) is 0 Å². The van der Waals surface area contributed by atoms with Crippen LogP contribution in [-0.2, 0) is 28.6 Å². The van der Waals surface area contributed by atoms with E-state index in [-0.39, 0.29) is 58.7 Å². The maximum absolute atomic E-state index is 12.4. The summed E-state index contributed by atoms with van der Waals surface area (Å²) in [5, 5.41) is 0. The van der Waals surface area contributed by atoms with Gasteiger partial charge >= 0.3 is 17.9 Å². The van der Waals surface area contributed by atoms with Crippen molar-refractivity contribution in [2.45, 2.75) is 105 Å². The molecular formula is C32H42O6. The molecule has 0 unspecified atom stereocenters. The summed E-state index contributed by atoms with van der Waals surface area (Å²) in [6.07, 6.45) is 12.4. The normalized spacial score (nSPS) is 38.8. The average molecular weight is 523 g/mol. The zero-order valence-corrected chi connectivity index (χ0v) is 23.9. The van der Waals surface area contributed by atoms with Gasteiger partial charge in [0.25, 0.3) is 0 Å². The lowest BCUT2D eigenvalue weighted by atomic mass is 9.51. The highest BCUT2D eigenvalue weighted by molar-refractivity contribution is 5.88. The first-order valence-electron chi connectivity index (χ1n) is 14.2. The Labute approximate surface area is 226 Å². The topological polar surface area (TPSA) is 78.9 Å². The molecule has 2 heterocycles. The molecule has 0 bridgehead atoms. The maximum Gasteiger partial charge on any atom is 0.333 e. The number of allylic oxidation sites excluding steroid dienone is 3. The zero-order chi connectivity index (χ0) is 27.6. The molecule has 3 aliphatic carbocycles. The first-order valence-corrected chi connectivity index (χ1v) is 14.2. The molecule has 6 heteroatoms. The quantitative estimate of drug-likeness (QED) is 0.326. The number of fused-ring (bicyclic) bond motifs is 3. The predicted molar refractivity (Wildman–Crippen MR) is 144 cm³/mol. The molecule has 0 aromatic carbocycles. The number of esters is 3. The number of cyclic esters (lactones) is 2. The molecule has 7 atom stereocenters. The van der Waals surface area contributed by atoms with Crippen molar-refractivity contribution in [3.8, 4) is 0 Å². The molecule has 5 aliphatic rings. The van der Waals surface area contributed by atoms with Gasteiger partial charge in [-0.05, 0) is 74.9 Å². The molecule has 0 aromatic rings. The van der Waals surface area contributed by atoms with Gasteiger partial charge in [-0.15, -0.1) is 0 Å². The third kappa shape index (κ3) is 4.10. The average Bonchev–Trinajstić information content (AvgIpc) is 2.93. The predicted octanol–water partition coefficient (Wildman–Crippen LogP) is 6.17. The van der Waals surface area contributed by atoms with Gasteiger partial charge in [0.15, 0.2) is 0 Å². The molecule has 0 spiro atoms. The number of hydrogen-bond acceptors (Lipinski definition) is 6. The van der Waals surface area contributed by atoms with Gasteiger partial charge in [-0.25, -0.2) is 9.59 Å². The van der Waals surface area contributed by atoms with Crippen molar-refractivity contribution < 1.29 is 28.6 Å². The van der Waals surface area contributed by atoms with Gasteiger partial charge < -0.3 is 14.2 Å². The van der Waals surface area contributed by atoms with Crippen molar-refractivity contribution in [1.29, 1.82) is 0 Å². The molecule has 0 saturated heterocycles. The highest BCUT2D eigenvalue weighted by Gasteiger charge is 2.65. The molecule has 0 radical (unpaired) electrons. The Morgan fingerprint density at radius 3 is 2.55 bits per heavy atom. The van der Waals surface area contributed by atoms with Crippen LogP contribution in [0, 0.1) is 28.6 Å². The van der Waals surface area contributed by atoms with Crippen molar-refractivity contribution in [2.24, 2.45) is 28.6 Å². The monoisotopic (exact) mass is 522 g/mol. The third-order valence-corrected chi connectivity index (χ3v) is 10.8. The van der Waals surface area contributed by atoms with Crippen LogP contribution in [0.2, 0.25) is 0 Å². The summed E-state index contributed by atoms with van der Waals surface area (Å²) in [7, 11) is 0. The van der Waals surface area contributed by atoms with Crippen LogP contribution < -0.4 is 0 Å². The number of rotatable bonds is 3. The lowest BCUT2D eigenvalue weighted by molar-refractivity contribution is -0.167. The standard InChI is InChI=1S/C32H42O6/c1-18-8-12-26(37-29(18)35)19(2)23-14-15-31(6)25-11-10-24-21(9-13-28(34)38-30(24,4)5)16-22(25)17-27(32(23,31)7)36-20(3)33/h8-9,13,16,19,23-24,26-27H,10-12,14-15,17H2,1-7H3/t19-,23+,24+,26+,27-,31-,32-/m0/s1. The van der Waals surface area contributed by atoms with Crippen LogP contribution in [0.4, 0.5) is 0 Å². The van der Waals surface area contributed by atoms with Crippen LogP contribution in [0.15, 0.2) is 46.6 Å². The largest absolute Gasteiger partial charge is 0.462 e. The number of ether oxygens (including phenoxy) is 3. The van der Waals surface area contributed by atoms with Gasteiger partial charge in [-0.2, -0.15) is 0 Å². The van der Waals surface area contributed by atoms with E-state index in [2.05, 4.69) is 26.8 Å². The summed E-state index contributed by atoms with van der Waals surface area (Å²) in [4.78, 5) is 37.1. The summed E-state index contributed by atoms with van der Waals surface area (Å²) in [5.74, 6) is -0.349. The first kappa shape index (κ1) is 27.0. The fraction of sp³-hybridized carbons (Fsp3) is 0.656. The van der Waals surface area contributed by atoms with Crippen molar-refractivity contribution in [2.75, 3.05) is 0 Å². The van der Waals surface area contributed by atoms with E-state index < -0.39 is 5.60 Å². The smallest absolute Gasteiger partial charge is 0.333 e. The highest BCUT2D eigenvalue weighted by atomic mass is 16.6. The first-order chi connectivity index (χ1) is 17.8. The van der Waals surface area contributed by atoms with Gasteiger partial charge in [0.05, 0.1) is 0 Å². The Kier molecular flexibility index (Phi) is 6.55. The van der Waals surface area contributed by atoms with Crippen LogP contribution in [0.5, 0.6) is 0 Å². The Balaban J connectivity index is 1.57. The molecule has 206 valence electrons. The Hall–Kier alpha value is -2.63. The van der Waals surface area contributed by atoms with Gasteiger partial charge in [0.1, 0.15) is 17.8 Å².